The first-order chi connectivity index (χ1) is 9.70. The van der Waals surface area contributed by atoms with Crippen molar-refractivity contribution in [3.63, 3.8) is 0 Å². The highest BCUT2D eigenvalue weighted by Gasteiger charge is 2.46. The normalized spacial score (nSPS) is 30.3. The van der Waals surface area contributed by atoms with Gasteiger partial charge in [-0.05, 0) is 37.5 Å². The zero-order chi connectivity index (χ0) is 15.8. The molecule has 2 atom stereocenters. The van der Waals surface area contributed by atoms with Gasteiger partial charge in [-0.1, -0.05) is 13.8 Å². The third-order valence-corrected chi connectivity index (χ3v) is 4.47. The van der Waals surface area contributed by atoms with Crippen LogP contribution in [0, 0.1) is 11.8 Å². The molecule has 2 bridgehead atoms. The van der Waals surface area contributed by atoms with Gasteiger partial charge >= 0.3 is 6.18 Å². The molecule has 0 spiro atoms. The predicted octanol–water partition coefficient (Wildman–Crippen LogP) is 1.79. The van der Waals surface area contributed by atoms with E-state index in [4.69, 9.17) is 0 Å². The van der Waals surface area contributed by atoms with Gasteiger partial charge in [0.25, 0.3) is 5.78 Å². The Kier molecular flexibility index (Phi) is 4.60. The smallest absolute Gasteiger partial charge is 0.344 e. The summed E-state index contributed by atoms with van der Waals surface area (Å²) in [6.07, 6.45) is -1.10. The first-order valence-electron chi connectivity index (χ1n) is 7.37. The Morgan fingerprint density at radius 2 is 1.71 bits per heavy atom. The molecule has 2 saturated heterocycles. The van der Waals surface area contributed by atoms with Crippen molar-refractivity contribution in [3.8, 4) is 0 Å². The van der Waals surface area contributed by atoms with Gasteiger partial charge in [0.05, 0.1) is 12.1 Å². The summed E-state index contributed by atoms with van der Waals surface area (Å²) in [6.45, 7) is 2.99. The summed E-state index contributed by atoms with van der Waals surface area (Å²) in [5.74, 6) is -2.82. The molecule has 4 nitrogen and oxygen atoms in total. The van der Waals surface area contributed by atoms with Crippen molar-refractivity contribution in [1.82, 2.24) is 10.6 Å². The molecule has 1 aliphatic carbocycles. The van der Waals surface area contributed by atoms with Crippen molar-refractivity contribution in [2.24, 2.45) is 11.8 Å². The van der Waals surface area contributed by atoms with Crippen LogP contribution in [0.3, 0.4) is 0 Å². The zero-order valence-electron chi connectivity index (χ0n) is 12.2. The average molecular weight is 306 g/mol. The topological polar surface area (TPSA) is 58.2 Å². The Morgan fingerprint density at radius 3 is 2.10 bits per heavy atom. The molecule has 2 N–H and O–H groups in total. The van der Waals surface area contributed by atoms with Crippen molar-refractivity contribution in [3.05, 3.63) is 0 Å². The molecule has 7 heteroatoms. The fraction of sp³-hybridized carbons (Fsp3) is 0.857. The molecule has 3 fully saturated rings. The fourth-order valence-corrected chi connectivity index (χ4v) is 3.25. The van der Waals surface area contributed by atoms with Gasteiger partial charge in [0.15, 0.2) is 0 Å². The van der Waals surface area contributed by atoms with Crippen molar-refractivity contribution in [1.29, 1.82) is 0 Å². The minimum absolute atomic E-state index is 0.156. The van der Waals surface area contributed by atoms with Gasteiger partial charge in [-0.15, -0.1) is 0 Å². The van der Waals surface area contributed by atoms with Crippen LogP contribution in [0.2, 0.25) is 0 Å². The lowest BCUT2D eigenvalue weighted by Crippen LogP contribution is -2.61. The number of piperidine rings is 2. The summed E-state index contributed by atoms with van der Waals surface area (Å²) in [5.41, 5.74) is 0. The first-order valence-corrected chi connectivity index (χ1v) is 7.37. The highest BCUT2D eigenvalue weighted by atomic mass is 19.4. The fourth-order valence-electron chi connectivity index (χ4n) is 3.25. The minimum atomic E-state index is -4.93. The van der Waals surface area contributed by atoms with Gasteiger partial charge < -0.3 is 10.6 Å². The molecular weight excluding hydrogens is 285 g/mol. The molecule has 0 radical (unpaired) electrons. The van der Waals surface area contributed by atoms with E-state index in [9.17, 15) is 22.8 Å². The predicted molar refractivity (Wildman–Crippen MR) is 70.5 cm³/mol. The van der Waals surface area contributed by atoms with Gasteiger partial charge in [-0.3, -0.25) is 9.59 Å². The van der Waals surface area contributed by atoms with Crippen LogP contribution in [0.15, 0.2) is 0 Å². The van der Waals surface area contributed by atoms with E-state index < -0.39 is 35.9 Å². The van der Waals surface area contributed by atoms with Crippen molar-refractivity contribution < 1.29 is 22.8 Å². The van der Waals surface area contributed by atoms with E-state index in [2.05, 4.69) is 10.6 Å². The maximum Gasteiger partial charge on any atom is 0.452 e. The quantitative estimate of drug-likeness (QED) is 0.832. The average Bonchev–Trinajstić information content (AvgIpc) is 2.43. The lowest BCUT2D eigenvalue weighted by atomic mass is 9.76. The van der Waals surface area contributed by atoms with Crippen LogP contribution >= 0.6 is 0 Å². The standard InChI is InChI=1S/C14H21F3N2O2/c1-7(2)10(12(20)14(15,16)17)19-13(21)11-8-3-5-9(18-11)6-4-8/h7-11,18H,3-6H2,1-2H3,(H,19,21)/t8?,9?,10-,11-/m0/s1. The molecular formula is C14H21F3N2O2. The maximum absolute atomic E-state index is 12.6. The van der Waals surface area contributed by atoms with Crippen LogP contribution < -0.4 is 10.6 Å². The molecule has 1 amide bonds. The Balaban J connectivity index is 2.03. The SMILES string of the molecule is CC(C)[C@H](NC(=O)[C@H]1NC2CCC1CC2)C(=O)C(F)(F)F. The molecule has 1 saturated carbocycles. The molecule has 3 rings (SSSR count). The van der Waals surface area contributed by atoms with E-state index in [1.165, 1.54) is 13.8 Å². The number of hydrogen-bond acceptors (Lipinski definition) is 3. The number of rotatable bonds is 4. The van der Waals surface area contributed by atoms with Crippen molar-refractivity contribution in [2.45, 2.75) is 63.8 Å². The second-order valence-corrected chi connectivity index (χ2v) is 6.35. The summed E-state index contributed by atoms with van der Waals surface area (Å²) in [5, 5.41) is 5.48. The maximum atomic E-state index is 12.6. The Labute approximate surface area is 121 Å². The number of alkyl halides is 3. The summed E-state index contributed by atoms with van der Waals surface area (Å²) < 4.78 is 37.8. The molecule has 2 aliphatic heterocycles. The Morgan fingerprint density at radius 1 is 1.14 bits per heavy atom. The van der Waals surface area contributed by atoms with Crippen LogP contribution in [-0.2, 0) is 9.59 Å². The van der Waals surface area contributed by atoms with Crippen LogP contribution in [0.4, 0.5) is 13.2 Å². The Bertz CT molecular complexity index is 415. The molecule has 0 aromatic heterocycles. The second kappa shape index (κ2) is 5.94. The molecule has 120 valence electrons. The molecule has 21 heavy (non-hydrogen) atoms. The van der Waals surface area contributed by atoms with Gasteiger partial charge in [-0.25, -0.2) is 0 Å². The van der Waals surface area contributed by atoms with E-state index in [-0.39, 0.29) is 12.0 Å². The van der Waals surface area contributed by atoms with E-state index in [0.29, 0.717) is 0 Å². The van der Waals surface area contributed by atoms with Gasteiger partial charge in [0.2, 0.25) is 5.91 Å². The number of carbonyl (C=O) groups excluding carboxylic acids is 2. The number of halogens is 3. The largest absolute Gasteiger partial charge is 0.452 e. The number of amides is 1. The number of carbonyl (C=O) groups is 2. The first kappa shape index (κ1) is 16.3. The highest BCUT2D eigenvalue weighted by Crippen LogP contribution is 2.33. The number of nitrogens with one attached hydrogen (secondary N) is 2. The van der Waals surface area contributed by atoms with Crippen LogP contribution in [0.25, 0.3) is 0 Å². The van der Waals surface area contributed by atoms with Gasteiger partial charge in [0, 0.05) is 6.04 Å². The zero-order valence-corrected chi connectivity index (χ0v) is 12.2. The van der Waals surface area contributed by atoms with Gasteiger partial charge in [0.1, 0.15) is 0 Å². The van der Waals surface area contributed by atoms with Crippen LogP contribution in [0.5, 0.6) is 0 Å². The van der Waals surface area contributed by atoms with E-state index >= 15 is 0 Å². The number of Topliss-reactive ketones (excluding diaryl/α,β-unsaturated/α-hetero) is 1. The lowest BCUT2D eigenvalue weighted by Gasteiger charge is -2.43. The van der Waals surface area contributed by atoms with Crippen LogP contribution in [0.1, 0.15) is 39.5 Å². The summed E-state index contributed by atoms with van der Waals surface area (Å²) in [7, 11) is 0. The number of fused-ring (bicyclic) bond motifs is 3. The van der Waals surface area contributed by atoms with E-state index in [1.807, 2.05) is 0 Å². The number of hydrogen-bond donors (Lipinski definition) is 2. The summed E-state index contributed by atoms with van der Waals surface area (Å²) in [6, 6.07) is -1.72. The van der Waals surface area contributed by atoms with E-state index in [0.717, 1.165) is 25.7 Å². The van der Waals surface area contributed by atoms with Crippen LogP contribution in [-0.4, -0.2) is 36.0 Å². The number of ketones is 1. The third-order valence-electron chi connectivity index (χ3n) is 4.47. The van der Waals surface area contributed by atoms with Gasteiger partial charge in [-0.2, -0.15) is 13.2 Å². The lowest BCUT2D eigenvalue weighted by molar-refractivity contribution is -0.175. The molecule has 3 aliphatic rings. The van der Waals surface area contributed by atoms with Crippen molar-refractivity contribution in [2.75, 3.05) is 0 Å². The Hall–Kier alpha value is -1.11. The summed E-state index contributed by atoms with van der Waals surface area (Å²) >= 11 is 0. The molecule has 0 aromatic rings. The van der Waals surface area contributed by atoms with Crippen molar-refractivity contribution >= 4 is 11.7 Å². The summed E-state index contributed by atoms with van der Waals surface area (Å²) in [4.78, 5) is 23.7. The highest BCUT2D eigenvalue weighted by molar-refractivity contribution is 5.94. The minimum Gasteiger partial charge on any atom is -0.344 e. The second-order valence-electron chi connectivity index (χ2n) is 6.35. The molecule has 2 heterocycles. The monoisotopic (exact) mass is 306 g/mol. The molecule has 0 unspecified atom stereocenters. The van der Waals surface area contributed by atoms with E-state index in [1.54, 1.807) is 0 Å². The molecule has 0 aromatic carbocycles. The third kappa shape index (κ3) is 3.56.